The quantitative estimate of drug-likeness (QED) is 0.433. The molecule has 1 aliphatic heterocycles. The summed E-state index contributed by atoms with van der Waals surface area (Å²) >= 11 is 0. The molecule has 0 spiro atoms. The second-order valence-corrected chi connectivity index (χ2v) is 6.78. The summed E-state index contributed by atoms with van der Waals surface area (Å²) in [7, 11) is 1.31. The Balaban J connectivity index is 1.94. The highest BCUT2D eigenvalue weighted by atomic mass is 16.5. The summed E-state index contributed by atoms with van der Waals surface area (Å²) in [5.74, 6) is -0.773. The fourth-order valence-corrected chi connectivity index (χ4v) is 3.18. The van der Waals surface area contributed by atoms with Crippen molar-refractivity contribution in [3.05, 3.63) is 64.4 Å². The molecule has 0 saturated carbocycles. The number of nitrogens with zero attached hydrogens (tertiary/aromatic N) is 2. The molecule has 8 heteroatoms. The van der Waals surface area contributed by atoms with Gasteiger partial charge in [-0.1, -0.05) is 12.1 Å². The van der Waals surface area contributed by atoms with Crippen LogP contribution in [0.5, 0.6) is 0 Å². The molecular weight excluding hydrogens is 400 g/mol. The van der Waals surface area contributed by atoms with Gasteiger partial charge < -0.3 is 14.3 Å². The van der Waals surface area contributed by atoms with Gasteiger partial charge in [-0.05, 0) is 49.3 Å². The van der Waals surface area contributed by atoms with Crippen molar-refractivity contribution in [2.75, 3.05) is 20.3 Å². The van der Waals surface area contributed by atoms with Gasteiger partial charge in [0.15, 0.2) is 0 Å². The van der Waals surface area contributed by atoms with Crippen molar-refractivity contribution in [3.8, 4) is 17.4 Å². The van der Waals surface area contributed by atoms with E-state index in [1.165, 1.54) is 13.2 Å². The summed E-state index contributed by atoms with van der Waals surface area (Å²) in [5.41, 5.74) is 1.46. The van der Waals surface area contributed by atoms with Crippen LogP contribution in [0.4, 0.5) is 0 Å². The van der Waals surface area contributed by atoms with Crippen molar-refractivity contribution in [2.24, 2.45) is 0 Å². The second kappa shape index (κ2) is 9.24. The number of methoxy groups -OCH3 is 1. The Morgan fingerprint density at radius 2 is 1.90 bits per heavy atom. The third-order valence-corrected chi connectivity index (χ3v) is 4.87. The van der Waals surface area contributed by atoms with E-state index in [4.69, 9.17) is 9.52 Å². The lowest BCUT2D eigenvalue weighted by Crippen LogP contribution is -2.43. The lowest BCUT2D eigenvalue weighted by atomic mass is 9.94. The molecule has 2 aromatic rings. The predicted octanol–water partition coefficient (Wildman–Crippen LogP) is 2.71. The molecule has 1 aromatic carbocycles. The first-order valence-corrected chi connectivity index (χ1v) is 9.50. The summed E-state index contributed by atoms with van der Waals surface area (Å²) in [6.07, 6.45) is 1.70. The number of hydrogen-bond acceptors (Lipinski definition) is 7. The van der Waals surface area contributed by atoms with Crippen LogP contribution in [-0.4, -0.2) is 48.1 Å². The minimum Gasteiger partial charge on any atom is -0.465 e. The van der Waals surface area contributed by atoms with Gasteiger partial charge in [0, 0.05) is 24.3 Å². The van der Waals surface area contributed by atoms with Crippen LogP contribution in [0.1, 0.15) is 29.5 Å². The molecule has 2 amide bonds. The lowest BCUT2D eigenvalue weighted by Gasteiger charge is -2.27. The van der Waals surface area contributed by atoms with E-state index in [9.17, 15) is 19.6 Å². The van der Waals surface area contributed by atoms with Crippen molar-refractivity contribution < 1.29 is 28.6 Å². The van der Waals surface area contributed by atoms with Gasteiger partial charge in [0.05, 0.1) is 12.7 Å². The fourth-order valence-electron chi connectivity index (χ4n) is 3.18. The first kappa shape index (κ1) is 21.7. The zero-order valence-corrected chi connectivity index (χ0v) is 17.0. The van der Waals surface area contributed by atoms with Crippen LogP contribution in [-0.2, 0) is 14.3 Å². The summed E-state index contributed by atoms with van der Waals surface area (Å²) < 4.78 is 10.5. The average Bonchev–Trinajstić information content (AvgIpc) is 3.25. The molecule has 31 heavy (non-hydrogen) atoms. The van der Waals surface area contributed by atoms with Gasteiger partial charge in [-0.2, -0.15) is 5.26 Å². The summed E-state index contributed by atoms with van der Waals surface area (Å²) in [6.45, 7) is 1.37. The highest BCUT2D eigenvalue weighted by Gasteiger charge is 2.35. The number of aliphatic hydroxyl groups excluding tert-OH is 1. The normalized spacial score (nSPS) is 15.4. The van der Waals surface area contributed by atoms with Crippen molar-refractivity contribution in [2.45, 2.75) is 13.3 Å². The van der Waals surface area contributed by atoms with E-state index in [-0.39, 0.29) is 36.3 Å². The number of ether oxygens (including phenoxy) is 1. The zero-order valence-electron chi connectivity index (χ0n) is 17.0. The van der Waals surface area contributed by atoms with Gasteiger partial charge in [0.2, 0.25) is 0 Å². The van der Waals surface area contributed by atoms with E-state index in [0.717, 1.165) is 10.5 Å². The van der Waals surface area contributed by atoms with E-state index in [1.807, 2.05) is 6.07 Å². The van der Waals surface area contributed by atoms with Crippen LogP contribution in [0, 0.1) is 11.3 Å². The number of rotatable bonds is 6. The van der Waals surface area contributed by atoms with Gasteiger partial charge >= 0.3 is 5.97 Å². The van der Waals surface area contributed by atoms with Crippen molar-refractivity contribution in [1.82, 2.24) is 4.90 Å². The zero-order chi connectivity index (χ0) is 22.5. The number of furan rings is 1. The molecule has 0 saturated heterocycles. The van der Waals surface area contributed by atoms with Crippen molar-refractivity contribution in [1.29, 1.82) is 5.26 Å². The Hall–Kier alpha value is -3.96. The van der Waals surface area contributed by atoms with Gasteiger partial charge in [0.25, 0.3) is 11.8 Å². The number of nitriles is 1. The number of amides is 2. The molecular formula is C23H20N2O6. The molecule has 1 aromatic heterocycles. The number of benzene rings is 1. The van der Waals surface area contributed by atoms with Gasteiger partial charge in [-0.25, -0.2) is 4.79 Å². The molecule has 8 nitrogen and oxygen atoms in total. The van der Waals surface area contributed by atoms with Crippen LogP contribution in [0.25, 0.3) is 17.4 Å². The number of imide groups is 1. The molecule has 0 atom stereocenters. The van der Waals surface area contributed by atoms with E-state index >= 15 is 0 Å². The van der Waals surface area contributed by atoms with Crippen LogP contribution < -0.4 is 0 Å². The first-order valence-electron chi connectivity index (χ1n) is 9.50. The van der Waals surface area contributed by atoms with Crippen molar-refractivity contribution >= 4 is 23.9 Å². The monoisotopic (exact) mass is 420 g/mol. The van der Waals surface area contributed by atoms with Gasteiger partial charge in [0.1, 0.15) is 23.2 Å². The molecule has 0 fully saturated rings. The Morgan fingerprint density at radius 1 is 1.19 bits per heavy atom. The average molecular weight is 420 g/mol. The highest BCUT2D eigenvalue weighted by molar-refractivity contribution is 6.19. The van der Waals surface area contributed by atoms with Crippen LogP contribution in [0.15, 0.2) is 57.5 Å². The highest BCUT2D eigenvalue weighted by Crippen LogP contribution is 2.29. The summed E-state index contributed by atoms with van der Waals surface area (Å²) in [6, 6.07) is 11.9. The number of aliphatic hydroxyl groups is 1. The van der Waals surface area contributed by atoms with Crippen LogP contribution in [0.3, 0.4) is 0 Å². The standard InChI is InChI=1S/C23H20N2O6/c1-14-18(21(27)25(10-3-11-26)22(28)19(14)13-24)12-17-8-9-20(31-17)15-4-6-16(7-5-15)23(29)30-2/h4-9,12,26H,3,10-11H2,1-2H3. The van der Waals surface area contributed by atoms with Crippen molar-refractivity contribution in [3.63, 3.8) is 0 Å². The maximum Gasteiger partial charge on any atom is 0.337 e. The smallest absolute Gasteiger partial charge is 0.337 e. The molecule has 1 N–H and O–H groups in total. The fraction of sp³-hybridized carbons (Fsp3) is 0.217. The molecule has 0 aliphatic carbocycles. The molecule has 0 bridgehead atoms. The largest absolute Gasteiger partial charge is 0.465 e. The molecule has 3 rings (SSSR count). The Labute approximate surface area is 178 Å². The summed E-state index contributed by atoms with van der Waals surface area (Å²) in [4.78, 5) is 37.8. The minimum atomic E-state index is -0.665. The Bertz CT molecular complexity index is 1130. The molecule has 0 unspecified atom stereocenters. The van der Waals surface area contributed by atoms with E-state index in [0.29, 0.717) is 17.1 Å². The first-order chi connectivity index (χ1) is 14.9. The van der Waals surface area contributed by atoms with Crippen LogP contribution in [0.2, 0.25) is 0 Å². The minimum absolute atomic E-state index is 0.0138. The van der Waals surface area contributed by atoms with E-state index in [2.05, 4.69) is 4.74 Å². The Kier molecular flexibility index (Phi) is 6.48. The van der Waals surface area contributed by atoms with Gasteiger partial charge in [-0.3, -0.25) is 14.5 Å². The number of carbonyl (C=O) groups is 3. The molecule has 2 heterocycles. The van der Waals surface area contributed by atoms with E-state index in [1.54, 1.807) is 43.3 Å². The SMILES string of the molecule is COC(=O)c1ccc(-c2ccc(C=C3C(=O)N(CCCO)C(=O)C(C#N)=C3C)o2)cc1. The van der Waals surface area contributed by atoms with E-state index < -0.39 is 17.8 Å². The number of carbonyl (C=O) groups excluding carboxylic acids is 3. The van der Waals surface area contributed by atoms with Crippen LogP contribution >= 0.6 is 0 Å². The maximum absolute atomic E-state index is 12.9. The maximum atomic E-state index is 12.9. The molecule has 158 valence electrons. The lowest BCUT2D eigenvalue weighted by molar-refractivity contribution is -0.140. The topological polar surface area (TPSA) is 121 Å². The van der Waals surface area contributed by atoms with Gasteiger partial charge in [-0.15, -0.1) is 0 Å². The number of hydrogen-bond donors (Lipinski definition) is 1. The number of esters is 1. The third kappa shape index (κ3) is 4.32. The Morgan fingerprint density at radius 3 is 2.52 bits per heavy atom. The third-order valence-electron chi connectivity index (χ3n) is 4.87. The predicted molar refractivity (Wildman–Crippen MR) is 110 cm³/mol. The molecule has 1 aliphatic rings. The second-order valence-electron chi connectivity index (χ2n) is 6.78. The molecule has 0 radical (unpaired) electrons. The summed E-state index contributed by atoms with van der Waals surface area (Å²) in [5, 5.41) is 18.4.